The fraction of sp³-hybridized carbons (Fsp3) is 0.500. The summed E-state index contributed by atoms with van der Waals surface area (Å²) in [7, 11) is 3.97. The number of benzene rings is 3. The Labute approximate surface area is 340 Å². The van der Waals surface area contributed by atoms with Gasteiger partial charge in [-0.3, -0.25) is 29.4 Å². The summed E-state index contributed by atoms with van der Waals surface area (Å²) in [4.78, 5) is 65.5. The predicted octanol–water partition coefficient (Wildman–Crippen LogP) is 7.17. The summed E-state index contributed by atoms with van der Waals surface area (Å²) in [5.74, 6) is 1.39. The van der Waals surface area contributed by atoms with Crippen LogP contribution in [0.4, 0.5) is 5.69 Å². The van der Waals surface area contributed by atoms with E-state index in [1.807, 2.05) is 79.3 Å². The van der Waals surface area contributed by atoms with Crippen LogP contribution in [0.25, 0.3) is 10.8 Å². The number of hydrogen-bond acceptors (Lipinski definition) is 8. The maximum Gasteiger partial charge on any atom is 0.251 e. The van der Waals surface area contributed by atoms with Gasteiger partial charge in [-0.05, 0) is 91.1 Å². The van der Waals surface area contributed by atoms with Gasteiger partial charge in [0.1, 0.15) is 5.78 Å². The van der Waals surface area contributed by atoms with Crippen molar-refractivity contribution >= 4 is 74.3 Å². The molecule has 4 atom stereocenters. The number of anilines is 1. The first-order valence-corrected chi connectivity index (χ1v) is 21.4. The maximum absolute atomic E-state index is 13.5. The van der Waals surface area contributed by atoms with E-state index in [-0.39, 0.29) is 40.9 Å². The lowest BCUT2D eigenvalue weighted by Gasteiger charge is -2.18. The number of hydrogen-bond donors (Lipinski definition) is 4. The van der Waals surface area contributed by atoms with Crippen molar-refractivity contribution in [2.24, 2.45) is 5.92 Å². The standard InChI is InChI=1S/C44H56ClN5O5S/c1-50(2)34-21-20-31-25-33(19-18-32(31)26-34)44(55)49-37(9-3-5-11-41(45)46)39(52)22-17-29-13-15-30(16-14-29)24-35(51)8-7-23-47-42(53)12-6-4-10-40-36-27-43(54)48-38(36)28-56-40/h13-16,18-21,25-26,36-38,40,46H,3-12,17,22-24,27-28H2,1-2H3,(H,47,53)(H,48,54)(H,49,55)/t36?,37-,38?,40?/m0/s1. The number of thioether (sulfide) groups is 1. The molecule has 0 bridgehead atoms. The topological polar surface area (TPSA) is 149 Å². The molecule has 2 saturated heterocycles. The molecule has 2 aliphatic rings. The molecule has 0 aromatic heterocycles. The zero-order chi connectivity index (χ0) is 40.0. The normalized spacial score (nSPS) is 17.9. The molecule has 2 heterocycles. The van der Waals surface area contributed by atoms with Gasteiger partial charge in [0.05, 0.1) is 11.2 Å². The van der Waals surface area contributed by atoms with Crippen molar-refractivity contribution in [1.29, 1.82) is 5.41 Å². The number of rotatable bonds is 23. The summed E-state index contributed by atoms with van der Waals surface area (Å²) >= 11 is 7.68. The number of halogens is 1. The molecule has 2 aliphatic heterocycles. The SMILES string of the molecule is CN(C)c1ccc2cc(C(=O)N[C@@H](CCCCC(=N)Cl)C(=O)CCc3ccc(CC(=O)CCCNC(=O)CCCCC4SCC5NC(=O)CC54)cc3)ccc2c1. The third-order valence-electron chi connectivity index (χ3n) is 10.9. The van der Waals surface area contributed by atoms with Crippen molar-refractivity contribution in [2.45, 2.75) is 107 Å². The molecule has 3 aromatic carbocycles. The summed E-state index contributed by atoms with van der Waals surface area (Å²) in [6.45, 7) is 0.478. The van der Waals surface area contributed by atoms with Gasteiger partial charge in [-0.1, -0.05) is 60.8 Å². The lowest BCUT2D eigenvalue weighted by atomic mass is 9.94. The van der Waals surface area contributed by atoms with Gasteiger partial charge in [-0.2, -0.15) is 11.8 Å². The molecule has 0 spiro atoms. The number of aryl methyl sites for hydroxylation is 1. The Morgan fingerprint density at radius 3 is 2.39 bits per heavy atom. The van der Waals surface area contributed by atoms with Crippen LogP contribution in [0.15, 0.2) is 60.7 Å². The Balaban J connectivity index is 1.00. The highest BCUT2D eigenvalue weighted by Crippen LogP contribution is 2.40. The second-order valence-corrected chi connectivity index (χ2v) is 17.2. The average Bonchev–Trinajstić information content (AvgIpc) is 3.74. The van der Waals surface area contributed by atoms with Crippen LogP contribution in [-0.2, 0) is 32.0 Å². The maximum atomic E-state index is 13.5. The Bertz CT molecular complexity index is 1870. The molecule has 3 amide bonds. The smallest absolute Gasteiger partial charge is 0.251 e. The molecule has 5 rings (SSSR count). The first-order valence-electron chi connectivity index (χ1n) is 20.0. The highest BCUT2D eigenvalue weighted by atomic mass is 35.5. The number of unbranched alkanes of at least 4 members (excludes halogenated alkanes) is 2. The van der Waals surface area contributed by atoms with Crippen molar-refractivity contribution in [2.75, 3.05) is 31.3 Å². The van der Waals surface area contributed by atoms with Crippen LogP contribution in [0, 0.1) is 11.3 Å². The van der Waals surface area contributed by atoms with Crippen LogP contribution in [0.2, 0.25) is 0 Å². The van der Waals surface area contributed by atoms with E-state index >= 15 is 0 Å². The Hall–Kier alpha value is -4.22. The molecule has 0 aliphatic carbocycles. The Morgan fingerprint density at radius 2 is 1.62 bits per heavy atom. The number of fused-ring (bicyclic) bond motifs is 2. The summed E-state index contributed by atoms with van der Waals surface area (Å²) in [6, 6.07) is 19.0. The van der Waals surface area contributed by atoms with Crippen LogP contribution in [0.5, 0.6) is 0 Å². The van der Waals surface area contributed by atoms with Crippen molar-refractivity contribution in [3.05, 3.63) is 77.4 Å². The van der Waals surface area contributed by atoms with E-state index < -0.39 is 6.04 Å². The molecule has 56 heavy (non-hydrogen) atoms. The molecule has 4 N–H and O–H groups in total. The molecule has 0 radical (unpaired) electrons. The van der Waals surface area contributed by atoms with Crippen LogP contribution in [-0.4, -0.2) is 78.2 Å². The first-order chi connectivity index (χ1) is 26.9. The van der Waals surface area contributed by atoms with Crippen molar-refractivity contribution in [1.82, 2.24) is 16.0 Å². The zero-order valence-electron chi connectivity index (χ0n) is 32.7. The minimum absolute atomic E-state index is 0.0198. The van der Waals surface area contributed by atoms with E-state index in [2.05, 4.69) is 22.0 Å². The predicted molar refractivity (Wildman–Crippen MR) is 227 cm³/mol. The number of carbonyl (C=O) groups is 5. The fourth-order valence-corrected chi connectivity index (χ4v) is 9.37. The molecule has 3 unspecified atom stereocenters. The lowest BCUT2D eigenvalue weighted by Crippen LogP contribution is -2.41. The molecule has 10 nitrogen and oxygen atoms in total. The van der Waals surface area contributed by atoms with E-state index in [9.17, 15) is 24.0 Å². The number of nitrogens with zero attached hydrogens (tertiary/aromatic N) is 1. The van der Waals surface area contributed by atoms with Crippen LogP contribution in [0.1, 0.15) is 98.5 Å². The lowest BCUT2D eigenvalue weighted by molar-refractivity contribution is -0.122. The summed E-state index contributed by atoms with van der Waals surface area (Å²) in [5.41, 5.74) is 3.44. The van der Waals surface area contributed by atoms with Crippen LogP contribution < -0.4 is 20.9 Å². The van der Waals surface area contributed by atoms with Gasteiger partial charge in [-0.15, -0.1) is 0 Å². The minimum atomic E-state index is -0.659. The average molecular weight is 802 g/mol. The number of nitrogens with one attached hydrogen (secondary N) is 4. The second kappa shape index (κ2) is 21.3. The number of Topliss-reactive ketones (excluding diaryl/α,β-unsaturated/α-hetero) is 2. The van der Waals surface area contributed by atoms with E-state index in [4.69, 9.17) is 17.0 Å². The number of carbonyl (C=O) groups excluding carboxylic acids is 5. The zero-order valence-corrected chi connectivity index (χ0v) is 34.2. The van der Waals surface area contributed by atoms with E-state index in [0.29, 0.717) is 93.5 Å². The Kier molecular flexibility index (Phi) is 16.4. The highest BCUT2D eigenvalue weighted by Gasteiger charge is 2.42. The van der Waals surface area contributed by atoms with E-state index in [0.717, 1.165) is 52.6 Å². The molecule has 300 valence electrons. The minimum Gasteiger partial charge on any atom is -0.378 e. The largest absolute Gasteiger partial charge is 0.378 e. The van der Waals surface area contributed by atoms with Crippen LogP contribution in [0.3, 0.4) is 0 Å². The number of amides is 3. The Morgan fingerprint density at radius 1 is 0.893 bits per heavy atom. The van der Waals surface area contributed by atoms with E-state index in [1.54, 1.807) is 6.07 Å². The molecule has 0 saturated carbocycles. The van der Waals surface area contributed by atoms with E-state index in [1.165, 1.54) is 0 Å². The van der Waals surface area contributed by atoms with Crippen molar-refractivity contribution in [3.63, 3.8) is 0 Å². The van der Waals surface area contributed by atoms with Gasteiger partial charge in [0.15, 0.2) is 5.78 Å². The van der Waals surface area contributed by atoms with Gasteiger partial charge in [0.25, 0.3) is 5.91 Å². The van der Waals surface area contributed by atoms with Gasteiger partial charge in [0, 0.05) is 87.0 Å². The quantitative estimate of drug-likeness (QED) is 0.0587. The third-order valence-corrected chi connectivity index (χ3v) is 12.6. The van der Waals surface area contributed by atoms with Crippen molar-refractivity contribution < 1.29 is 24.0 Å². The second-order valence-electron chi connectivity index (χ2n) is 15.4. The van der Waals surface area contributed by atoms with Gasteiger partial charge in [-0.25, -0.2) is 0 Å². The molecule has 2 fully saturated rings. The van der Waals surface area contributed by atoms with Crippen LogP contribution >= 0.6 is 23.4 Å². The molecular formula is C44H56ClN5O5S. The summed E-state index contributed by atoms with van der Waals surface area (Å²) in [6.07, 6.45) is 8.23. The van der Waals surface area contributed by atoms with Gasteiger partial charge >= 0.3 is 0 Å². The molecule has 12 heteroatoms. The molecular weight excluding hydrogens is 746 g/mol. The molecule has 3 aromatic rings. The van der Waals surface area contributed by atoms with Gasteiger partial charge in [0.2, 0.25) is 11.8 Å². The van der Waals surface area contributed by atoms with Gasteiger partial charge < -0.3 is 20.9 Å². The first kappa shape index (κ1) is 42.9. The number of ketones is 2. The summed E-state index contributed by atoms with van der Waals surface area (Å²) < 4.78 is 0. The van der Waals surface area contributed by atoms with Crippen molar-refractivity contribution in [3.8, 4) is 0 Å². The fourth-order valence-electron chi connectivity index (χ4n) is 7.58. The monoisotopic (exact) mass is 801 g/mol. The highest BCUT2D eigenvalue weighted by molar-refractivity contribution is 8.00. The summed E-state index contributed by atoms with van der Waals surface area (Å²) in [5, 5.41) is 19.0. The third kappa shape index (κ3) is 13.2.